The maximum atomic E-state index is 11.0. The van der Waals surface area contributed by atoms with Crippen molar-refractivity contribution < 1.29 is 9.53 Å². The second-order valence-electron chi connectivity index (χ2n) is 3.07. The number of thioether (sulfide) groups is 1. The van der Waals surface area contributed by atoms with Gasteiger partial charge in [0.2, 0.25) is 0 Å². The van der Waals surface area contributed by atoms with Crippen LogP contribution < -0.4 is 5.32 Å². The van der Waals surface area contributed by atoms with E-state index >= 15 is 0 Å². The molecule has 0 amide bonds. The minimum Gasteiger partial charge on any atom is -0.465 e. The summed E-state index contributed by atoms with van der Waals surface area (Å²) in [5, 5.41) is 3.94. The van der Waals surface area contributed by atoms with Crippen LogP contribution in [0.5, 0.6) is 0 Å². The Balaban J connectivity index is 2.06. The van der Waals surface area contributed by atoms with Crippen molar-refractivity contribution in [2.45, 2.75) is 25.0 Å². The number of carbonyl (C=O) groups is 1. The Hall–Kier alpha value is -0.220. The maximum Gasteiger partial charge on any atom is 0.315 e. The SMILES string of the molecule is CCOC(=O)CSC1CCNCC1. The maximum absolute atomic E-state index is 11.0. The minimum absolute atomic E-state index is 0.0777. The largest absolute Gasteiger partial charge is 0.465 e. The fourth-order valence-electron chi connectivity index (χ4n) is 1.35. The summed E-state index contributed by atoms with van der Waals surface area (Å²) >= 11 is 1.73. The number of rotatable bonds is 4. The zero-order valence-electron chi connectivity index (χ0n) is 8.04. The molecule has 0 saturated carbocycles. The van der Waals surface area contributed by atoms with Crippen molar-refractivity contribution in [3.63, 3.8) is 0 Å². The third-order valence-corrected chi connectivity index (χ3v) is 3.37. The highest BCUT2D eigenvalue weighted by atomic mass is 32.2. The second-order valence-corrected chi connectivity index (χ2v) is 4.35. The highest BCUT2D eigenvalue weighted by Gasteiger charge is 2.14. The lowest BCUT2D eigenvalue weighted by atomic mass is 10.2. The summed E-state index contributed by atoms with van der Waals surface area (Å²) < 4.78 is 4.86. The molecule has 76 valence electrons. The molecule has 1 aliphatic heterocycles. The molecule has 1 fully saturated rings. The van der Waals surface area contributed by atoms with Crippen LogP contribution in [0.1, 0.15) is 19.8 Å². The standard InChI is InChI=1S/C9H17NO2S/c1-2-12-9(11)7-13-8-3-5-10-6-4-8/h8,10H,2-7H2,1H3. The van der Waals surface area contributed by atoms with Gasteiger partial charge in [0.15, 0.2) is 0 Å². The minimum atomic E-state index is -0.0777. The molecule has 3 nitrogen and oxygen atoms in total. The van der Waals surface area contributed by atoms with Gasteiger partial charge in [-0.15, -0.1) is 11.8 Å². The van der Waals surface area contributed by atoms with Gasteiger partial charge in [0.1, 0.15) is 0 Å². The van der Waals surface area contributed by atoms with E-state index in [4.69, 9.17) is 4.74 Å². The van der Waals surface area contributed by atoms with Gasteiger partial charge in [0.25, 0.3) is 0 Å². The summed E-state index contributed by atoms with van der Waals surface area (Å²) in [5.74, 6) is 0.435. The normalized spacial score (nSPS) is 18.5. The molecule has 0 bridgehead atoms. The van der Waals surface area contributed by atoms with Crippen molar-refractivity contribution in [3.05, 3.63) is 0 Å². The van der Waals surface area contributed by atoms with E-state index in [0.717, 1.165) is 13.1 Å². The van der Waals surface area contributed by atoms with Crippen LogP contribution in [0.25, 0.3) is 0 Å². The molecule has 0 aromatic rings. The van der Waals surface area contributed by atoms with E-state index in [0.29, 0.717) is 17.6 Å². The highest BCUT2D eigenvalue weighted by molar-refractivity contribution is 8.00. The lowest BCUT2D eigenvalue weighted by molar-refractivity contribution is -0.139. The van der Waals surface area contributed by atoms with E-state index < -0.39 is 0 Å². The van der Waals surface area contributed by atoms with Crippen LogP contribution >= 0.6 is 11.8 Å². The predicted molar refractivity (Wildman–Crippen MR) is 55.0 cm³/mol. The highest BCUT2D eigenvalue weighted by Crippen LogP contribution is 2.19. The van der Waals surface area contributed by atoms with Gasteiger partial charge < -0.3 is 10.1 Å². The molecule has 1 saturated heterocycles. The lowest BCUT2D eigenvalue weighted by Crippen LogP contribution is -2.29. The molecule has 1 aliphatic rings. The van der Waals surface area contributed by atoms with Gasteiger partial charge in [0, 0.05) is 5.25 Å². The number of nitrogens with one attached hydrogen (secondary N) is 1. The van der Waals surface area contributed by atoms with Gasteiger partial charge in [-0.2, -0.15) is 0 Å². The molecule has 1 heterocycles. The first-order chi connectivity index (χ1) is 6.33. The van der Waals surface area contributed by atoms with E-state index in [9.17, 15) is 4.79 Å². The summed E-state index contributed by atoms with van der Waals surface area (Å²) in [5.41, 5.74) is 0. The molecule has 0 unspecified atom stereocenters. The fourth-order valence-corrected chi connectivity index (χ4v) is 2.37. The van der Waals surface area contributed by atoms with Crippen LogP contribution in [0.2, 0.25) is 0 Å². The molecule has 13 heavy (non-hydrogen) atoms. The Morgan fingerprint density at radius 2 is 2.23 bits per heavy atom. The van der Waals surface area contributed by atoms with Crippen molar-refractivity contribution in [2.24, 2.45) is 0 Å². The van der Waals surface area contributed by atoms with Crippen LogP contribution in [0.4, 0.5) is 0 Å². The van der Waals surface area contributed by atoms with Crippen LogP contribution in [0.3, 0.4) is 0 Å². The van der Waals surface area contributed by atoms with Gasteiger partial charge >= 0.3 is 5.97 Å². The van der Waals surface area contributed by atoms with E-state index in [-0.39, 0.29) is 5.97 Å². The van der Waals surface area contributed by atoms with Crippen LogP contribution in [0.15, 0.2) is 0 Å². The first-order valence-electron chi connectivity index (χ1n) is 4.81. The number of hydrogen-bond donors (Lipinski definition) is 1. The molecular formula is C9H17NO2S. The Morgan fingerprint density at radius 1 is 1.54 bits per heavy atom. The molecule has 0 radical (unpaired) electrons. The Bertz CT molecular complexity index is 158. The quantitative estimate of drug-likeness (QED) is 0.693. The van der Waals surface area contributed by atoms with Gasteiger partial charge in [-0.3, -0.25) is 4.79 Å². The summed E-state index contributed by atoms with van der Waals surface area (Å²) in [6, 6.07) is 0. The summed E-state index contributed by atoms with van der Waals surface area (Å²) in [7, 11) is 0. The van der Waals surface area contributed by atoms with E-state index in [1.807, 2.05) is 6.92 Å². The number of esters is 1. The molecule has 4 heteroatoms. The zero-order chi connectivity index (χ0) is 9.52. The van der Waals surface area contributed by atoms with E-state index in [1.54, 1.807) is 11.8 Å². The monoisotopic (exact) mass is 203 g/mol. The lowest BCUT2D eigenvalue weighted by Gasteiger charge is -2.21. The number of carbonyl (C=O) groups excluding carboxylic acids is 1. The summed E-state index contributed by atoms with van der Waals surface area (Å²) in [6.07, 6.45) is 2.34. The molecule has 0 aliphatic carbocycles. The Kier molecular flexibility index (Phi) is 5.23. The van der Waals surface area contributed by atoms with Crippen molar-refractivity contribution in [1.29, 1.82) is 0 Å². The van der Waals surface area contributed by atoms with Gasteiger partial charge in [-0.05, 0) is 32.9 Å². The Labute approximate surface area is 83.6 Å². The average Bonchev–Trinajstić information content (AvgIpc) is 2.17. The fraction of sp³-hybridized carbons (Fsp3) is 0.889. The number of hydrogen-bond acceptors (Lipinski definition) is 4. The molecule has 1 N–H and O–H groups in total. The van der Waals surface area contributed by atoms with Crippen molar-refractivity contribution >= 4 is 17.7 Å². The second kappa shape index (κ2) is 6.27. The zero-order valence-corrected chi connectivity index (χ0v) is 8.86. The topological polar surface area (TPSA) is 38.3 Å². The number of piperidine rings is 1. The predicted octanol–water partition coefficient (Wildman–Crippen LogP) is 1.03. The molecule has 0 spiro atoms. The molecule has 1 rings (SSSR count). The third kappa shape index (κ3) is 4.52. The number of ether oxygens (including phenoxy) is 1. The molecular weight excluding hydrogens is 186 g/mol. The van der Waals surface area contributed by atoms with Crippen LogP contribution in [-0.2, 0) is 9.53 Å². The van der Waals surface area contributed by atoms with Gasteiger partial charge in [-0.25, -0.2) is 0 Å². The van der Waals surface area contributed by atoms with Gasteiger partial charge in [-0.1, -0.05) is 0 Å². The molecule has 0 aromatic carbocycles. The van der Waals surface area contributed by atoms with Crippen LogP contribution in [-0.4, -0.2) is 36.7 Å². The first-order valence-corrected chi connectivity index (χ1v) is 5.85. The molecule has 0 aromatic heterocycles. The first kappa shape index (κ1) is 10.9. The third-order valence-electron chi connectivity index (χ3n) is 2.03. The van der Waals surface area contributed by atoms with Crippen molar-refractivity contribution in [3.8, 4) is 0 Å². The van der Waals surface area contributed by atoms with E-state index in [2.05, 4.69) is 5.32 Å². The summed E-state index contributed by atoms with van der Waals surface area (Å²) in [6.45, 7) is 4.50. The smallest absolute Gasteiger partial charge is 0.315 e. The average molecular weight is 203 g/mol. The van der Waals surface area contributed by atoms with Crippen molar-refractivity contribution in [2.75, 3.05) is 25.4 Å². The molecule has 0 atom stereocenters. The van der Waals surface area contributed by atoms with Gasteiger partial charge in [0.05, 0.1) is 12.4 Å². The van der Waals surface area contributed by atoms with E-state index in [1.165, 1.54) is 12.8 Å². The van der Waals surface area contributed by atoms with Crippen LogP contribution in [0, 0.1) is 0 Å². The van der Waals surface area contributed by atoms with Crippen molar-refractivity contribution in [1.82, 2.24) is 5.32 Å². The summed E-state index contributed by atoms with van der Waals surface area (Å²) in [4.78, 5) is 11.0. The Morgan fingerprint density at radius 3 is 2.85 bits per heavy atom.